The van der Waals surface area contributed by atoms with Crippen LogP contribution in [0.4, 0.5) is 0 Å². The third-order valence-electron chi connectivity index (χ3n) is 6.02. The highest BCUT2D eigenvalue weighted by atomic mass is 35.5. The summed E-state index contributed by atoms with van der Waals surface area (Å²) in [6.07, 6.45) is 5.58. The first-order valence-electron chi connectivity index (χ1n) is 10.6. The van der Waals surface area contributed by atoms with Gasteiger partial charge in [-0.3, -0.25) is 4.79 Å². The Morgan fingerprint density at radius 3 is 2.89 bits per heavy atom. The molecule has 12 heteroatoms. The highest BCUT2D eigenvalue weighted by Crippen LogP contribution is 2.34. The van der Waals surface area contributed by atoms with E-state index in [2.05, 4.69) is 25.5 Å². The summed E-state index contributed by atoms with van der Waals surface area (Å²) in [5, 5.41) is 21.0. The van der Waals surface area contributed by atoms with Gasteiger partial charge in [0.1, 0.15) is 24.1 Å². The van der Waals surface area contributed by atoms with Gasteiger partial charge in [-0.2, -0.15) is 4.68 Å². The van der Waals surface area contributed by atoms with Crippen LogP contribution in [0.1, 0.15) is 34.3 Å². The number of aromatic nitrogens is 7. The SMILES string of the molecule is O=C(O)c1coc(-c2cnc([C@@H]3CCc4cc(-c5cc(Cl)ccc5-n5cnnn5)cc(=O)n43)[nH]2)c1. The van der Waals surface area contributed by atoms with Crippen molar-refractivity contribution in [2.75, 3.05) is 0 Å². The number of rotatable bonds is 5. The summed E-state index contributed by atoms with van der Waals surface area (Å²) in [7, 11) is 0. The van der Waals surface area contributed by atoms with Crippen molar-refractivity contribution in [1.82, 2.24) is 34.7 Å². The van der Waals surface area contributed by atoms with Gasteiger partial charge in [-0.25, -0.2) is 9.78 Å². The monoisotopic (exact) mass is 489 g/mol. The van der Waals surface area contributed by atoms with Crippen LogP contribution in [-0.4, -0.2) is 45.8 Å². The van der Waals surface area contributed by atoms with Crippen molar-refractivity contribution < 1.29 is 14.3 Å². The zero-order chi connectivity index (χ0) is 24.1. The number of furan rings is 1. The van der Waals surface area contributed by atoms with Gasteiger partial charge >= 0.3 is 5.97 Å². The van der Waals surface area contributed by atoms with Crippen molar-refractivity contribution in [2.24, 2.45) is 0 Å². The van der Waals surface area contributed by atoms with E-state index < -0.39 is 5.97 Å². The van der Waals surface area contributed by atoms with Crippen LogP contribution in [0, 0.1) is 0 Å². The summed E-state index contributed by atoms with van der Waals surface area (Å²) >= 11 is 6.26. The first-order valence-corrected chi connectivity index (χ1v) is 11.0. The number of nitrogens with one attached hydrogen (secondary N) is 1. The lowest BCUT2D eigenvalue weighted by Gasteiger charge is -2.15. The van der Waals surface area contributed by atoms with E-state index in [-0.39, 0.29) is 17.2 Å². The van der Waals surface area contributed by atoms with Crippen molar-refractivity contribution >= 4 is 17.6 Å². The Morgan fingerprint density at radius 2 is 2.11 bits per heavy atom. The van der Waals surface area contributed by atoms with Crippen LogP contribution in [0.5, 0.6) is 0 Å². The number of carboxylic acid groups (broad SMARTS) is 1. The highest BCUT2D eigenvalue weighted by molar-refractivity contribution is 6.31. The molecule has 0 amide bonds. The van der Waals surface area contributed by atoms with Gasteiger partial charge in [0.2, 0.25) is 0 Å². The van der Waals surface area contributed by atoms with Gasteiger partial charge in [-0.1, -0.05) is 11.6 Å². The fourth-order valence-corrected chi connectivity index (χ4v) is 4.61. The van der Waals surface area contributed by atoms with E-state index in [1.165, 1.54) is 23.3 Å². The van der Waals surface area contributed by atoms with Gasteiger partial charge in [0, 0.05) is 28.4 Å². The molecule has 0 spiro atoms. The molecule has 1 aromatic carbocycles. The molecule has 174 valence electrons. The average Bonchev–Trinajstić information content (AvgIpc) is 3.64. The number of benzene rings is 1. The molecule has 1 atom stereocenters. The lowest BCUT2D eigenvalue weighted by Crippen LogP contribution is -2.23. The number of pyridine rings is 1. The fraction of sp³-hybridized carbons (Fsp3) is 0.130. The van der Waals surface area contributed by atoms with Crippen molar-refractivity contribution in [3.63, 3.8) is 0 Å². The fourth-order valence-electron chi connectivity index (χ4n) is 4.44. The molecule has 0 bridgehead atoms. The van der Waals surface area contributed by atoms with E-state index in [0.717, 1.165) is 11.3 Å². The Balaban J connectivity index is 1.37. The maximum Gasteiger partial charge on any atom is 0.338 e. The van der Waals surface area contributed by atoms with Gasteiger partial charge in [0.25, 0.3) is 5.56 Å². The summed E-state index contributed by atoms with van der Waals surface area (Å²) in [5.74, 6) is -0.119. The maximum atomic E-state index is 13.3. The molecule has 0 aliphatic carbocycles. The van der Waals surface area contributed by atoms with Crippen LogP contribution in [0.25, 0.3) is 28.3 Å². The number of nitrogens with zero attached hydrogens (tertiary/aromatic N) is 6. The van der Waals surface area contributed by atoms with E-state index in [9.17, 15) is 9.59 Å². The number of aryl methyl sites for hydroxylation is 1. The van der Waals surface area contributed by atoms with Gasteiger partial charge in [-0.15, -0.1) is 5.10 Å². The second kappa shape index (κ2) is 8.06. The van der Waals surface area contributed by atoms with Crippen molar-refractivity contribution in [2.45, 2.75) is 18.9 Å². The minimum Gasteiger partial charge on any atom is -0.478 e. The van der Waals surface area contributed by atoms with E-state index in [1.54, 1.807) is 35.0 Å². The molecule has 6 rings (SSSR count). The molecule has 11 nitrogen and oxygen atoms in total. The highest BCUT2D eigenvalue weighted by Gasteiger charge is 2.28. The molecular weight excluding hydrogens is 474 g/mol. The van der Waals surface area contributed by atoms with E-state index >= 15 is 0 Å². The number of tetrazole rings is 1. The normalized spacial score (nSPS) is 14.8. The third-order valence-corrected chi connectivity index (χ3v) is 6.26. The summed E-state index contributed by atoms with van der Waals surface area (Å²) in [5.41, 5.74) is 3.43. The molecule has 2 N–H and O–H groups in total. The Morgan fingerprint density at radius 1 is 1.23 bits per heavy atom. The van der Waals surface area contributed by atoms with Crippen LogP contribution in [0.3, 0.4) is 0 Å². The van der Waals surface area contributed by atoms with Crippen LogP contribution < -0.4 is 5.56 Å². The summed E-state index contributed by atoms with van der Waals surface area (Å²) in [6.45, 7) is 0. The molecule has 5 heterocycles. The molecule has 0 saturated heterocycles. The summed E-state index contributed by atoms with van der Waals surface area (Å²) in [6, 6.07) is 10.0. The maximum absolute atomic E-state index is 13.3. The molecule has 0 radical (unpaired) electrons. The number of fused-ring (bicyclic) bond motifs is 1. The molecule has 0 unspecified atom stereocenters. The number of aromatic carboxylic acids is 1. The van der Waals surface area contributed by atoms with Crippen molar-refractivity contribution in [3.8, 4) is 28.3 Å². The number of aromatic amines is 1. The Labute approximate surface area is 201 Å². The predicted molar refractivity (Wildman–Crippen MR) is 124 cm³/mol. The number of imidazole rings is 1. The van der Waals surface area contributed by atoms with Crippen LogP contribution in [0.2, 0.25) is 5.02 Å². The van der Waals surface area contributed by atoms with Gasteiger partial charge in [0.15, 0.2) is 5.76 Å². The van der Waals surface area contributed by atoms with Crippen molar-refractivity contribution in [3.05, 3.63) is 87.6 Å². The molecule has 1 aliphatic heterocycles. The molecule has 35 heavy (non-hydrogen) atoms. The Kier molecular flexibility index (Phi) is 4.85. The summed E-state index contributed by atoms with van der Waals surface area (Å²) in [4.78, 5) is 32.0. The Hall–Kier alpha value is -4.51. The van der Waals surface area contributed by atoms with E-state index in [1.807, 2.05) is 6.07 Å². The third kappa shape index (κ3) is 3.62. The topological polar surface area (TPSA) is 145 Å². The Bertz CT molecular complexity index is 1630. The van der Waals surface area contributed by atoms with Gasteiger partial charge in [-0.05, 0) is 53.1 Å². The number of hydrogen-bond donors (Lipinski definition) is 2. The molecular formula is C23H16ClN7O4. The van der Waals surface area contributed by atoms with Crippen LogP contribution in [-0.2, 0) is 6.42 Å². The lowest BCUT2D eigenvalue weighted by atomic mass is 10.0. The molecule has 5 aromatic rings. The predicted octanol–water partition coefficient (Wildman–Crippen LogP) is 3.36. The molecule has 0 saturated carbocycles. The lowest BCUT2D eigenvalue weighted by molar-refractivity contribution is 0.0696. The standard InChI is InChI=1S/C23H16ClN7O4/c24-14-1-3-18(30-11-26-28-29-30)16(8-14)12-5-15-2-4-19(31(15)21(32)7-12)22-25-9-17(27-22)20-6-13(10-35-20)23(33)34/h1,3,5-11,19H,2,4H2,(H,25,27)(H,33,34)/t19-/m0/s1. The first-order chi connectivity index (χ1) is 17.0. The summed E-state index contributed by atoms with van der Waals surface area (Å²) < 4.78 is 8.59. The minimum absolute atomic E-state index is 0.0492. The second-order valence-electron chi connectivity index (χ2n) is 8.10. The molecule has 0 fully saturated rings. The zero-order valence-electron chi connectivity index (χ0n) is 17.9. The zero-order valence-corrected chi connectivity index (χ0v) is 18.7. The smallest absolute Gasteiger partial charge is 0.338 e. The van der Waals surface area contributed by atoms with Crippen LogP contribution in [0.15, 0.2) is 64.4 Å². The van der Waals surface area contributed by atoms with E-state index in [4.69, 9.17) is 21.1 Å². The number of carbonyl (C=O) groups is 1. The minimum atomic E-state index is -1.07. The molecule has 4 aromatic heterocycles. The number of H-pyrrole nitrogens is 1. The molecule has 1 aliphatic rings. The van der Waals surface area contributed by atoms with Crippen molar-refractivity contribution in [1.29, 1.82) is 0 Å². The van der Waals surface area contributed by atoms with E-state index in [0.29, 0.717) is 46.4 Å². The van der Waals surface area contributed by atoms with Gasteiger partial charge < -0.3 is 19.1 Å². The first kappa shape index (κ1) is 21.1. The largest absolute Gasteiger partial charge is 0.478 e. The van der Waals surface area contributed by atoms with Gasteiger partial charge in [0.05, 0.1) is 23.5 Å². The van der Waals surface area contributed by atoms with Crippen LogP contribution >= 0.6 is 11.6 Å². The number of halogens is 1. The average molecular weight is 490 g/mol. The number of hydrogen-bond acceptors (Lipinski definition) is 7. The quantitative estimate of drug-likeness (QED) is 0.382. The second-order valence-corrected chi connectivity index (χ2v) is 8.54. The number of carboxylic acids is 1.